The molecule has 2 atom stereocenters. The van der Waals surface area contributed by atoms with Crippen molar-refractivity contribution in [3.8, 4) is 22.6 Å². The summed E-state index contributed by atoms with van der Waals surface area (Å²) in [5.41, 5.74) is 2.50. The molecule has 4 aromatic rings. The van der Waals surface area contributed by atoms with Crippen LogP contribution >= 0.6 is 0 Å². The van der Waals surface area contributed by atoms with Gasteiger partial charge in [-0.3, -0.25) is 9.59 Å². The molecule has 16 heteroatoms. The summed E-state index contributed by atoms with van der Waals surface area (Å²) in [5, 5.41) is 27.6. The minimum Gasteiger partial charge on any atom is -0.496 e. The third kappa shape index (κ3) is 7.57. The van der Waals surface area contributed by atoms with E-state index < -0.39 is 35.8 Å². The molecule has 0 N–H and O–H groups in total. The number of anilines is 2. The predicted octanol–water partition coefficient (Wildman–Crippen LogP) is 6.21. The minimum absolute atomic E-state index is 0.0861. The Kier molecular flexibility index (Phi) is 11.2. The maximum absolute atomic E-state index is 13.4. The zero-order valence-electron chi connectivity index (χ0n) is 29.7. The third-order valence-corrected chi connectivity index (χ3v) is 8.03. The number of carbonyl (C=O) groups is 4. The van der Waals surface area contributed by atoms with Gasteiger partial charge in [-0.15, -0.1) is 0 Å². The van der Waals surface area contributed by atoms with Gasteiger partial charge >= 0.3 is 11.9 Å². The van der Waals surface area contributed by atoms with Crippen molar-refractivity contribution in [2.24, 2.45) is 30.7 Å². The molecule has 274 valence electrons. The van der Waals surface area contributed by atoms with Crippen molar-refractivity contribution in [2.45, 2.75) is 25.9 Å². The van der Waals surface area contributed by atoms with E-state index in [4.69, 9.17) is 18.9 Å². The number of para-hydroxylation sites is 2. The van der Waals surface area contributed by atoms with E-state index in [0.29, 0.717) is 39.7 Å². The Morgan fingerprint density at radius 1 is 0.648 bits per heavy atom. The van der Waals surface area contributed by atoms with Crippen LogP contribution in [0.25, 0.3) is 11.1 Å². The number of rotatable bonds is 13. The van der Waals surface area contributed by atoms with Gasteiger partial charge in [0.1, 0.15) is 17.2 Å². The molecule has 0 saturated carbocycles. The SMILES string of the molecule is CCOC(=O)C1=NN(c2ccccc2)C(=O)C1N=Nc1ccc(-c2ccc(N=NC3C(=O)N(c4ccccc4)N=C3C(=O)OCC)c(OC)c2)c(OC)c1. The lowest BCUT2D eigenvalue weighted by Crippen LogP contribution is -2.33. The van der Waals surface area contributed by atoms with Gasteiger partial charge in [0, 0.05) is 11.6 Å². The van der Waals surface area contributed by atoms with Crippen LogP contribution in [0.4, 0.5) is 22.7 Å². The number of nitrogens with zero attached hydrogens (tertiary/aromatic N) is 8. The Balaban J connectivity index is 1.24. The van der Waals surface area contributed by atoms with Crippen LogP contribution in [0.15, 0.2) is 128 Å². The summed E-state index contributed by atoms with van der Waals surface area (Å²) in [6.07, 6.45) is 0. The van der Waals surface area contributed by atoms with Crippen LogP contribution in [0.3, 0.4) is 0 Å². The fourth-order valence-electron chi connectivity index (χ4n) is 5.47. The van der Waals surface area contributed by atoms with Crippen LogP contribution in [0.2, 0.25) is 0 Å². The van der Waals surface area contributed by atoms with Crippen molar-refractivity contribution in [3.05, 3.63) is 97.1 Å². The van der Waals surface area contributed by atoms with Crippen molar-refractivity contribution in [3.63, 3.8) is 0 Å². The third-order valence-electron chi connectivity index (χ3n) is 8.03. The van der Waals surface area contributed by atoms with Crippen LogP contribution in [0, 0.1) is 0 Å². The van der Waals surface area contributed by atoms with Gasteiger partial charge in [-0.1, -0.05) is 42.5 Å². The number of hydrogen-bond donors (Lipinski definition) is 0. The fourth-order valence-corrected chi connectivity index (χ4v) is 5.47. The average molecular weight is 731 g/mol. The molecule has 2 aliphatic rings. The molecule has 0 radical (unpaired) electrons. The number of esters is 2. The van der Waals surface area contributed by atoms with E-state index in [1.165, 1.54) is 14.2 Å². The second-order valence-electron chi connectivity index (χ2n) is 11.4. The van der Waals surface area contributed by atoms with Gasteiger partial charge in [0.2, 0.25) is 12.1 Å². The van der Waals surface area contributed by atoms with Crippen molar-refractivity contribution in [1.29, 1.82) is 0 Å². The molecular weight excluding hydrogens is 696 g/mol. The molecule has 2 heterocycles. The summed E-state index contributed by atoms with van der Waals surface area (Å²) in [7, 11) is 2.95. The van der Waals surface area contributed by atoms with Crippen molar-refractivity contribution in [2.75, 3.05) is 37.5 Å². The van der Waals surface area contributed by atoms with E-state index in [2.05, 4.69) is 30.7 Å². The second kappa shape index (κ2) is 16.5. The largest absolute Gasteiger partial charge is 0.496 e. The number of hydrazone groups is 2. The molecule has 2 amide bonds. The van der Waals surface area contributed by atoms with Gasteiger partial charge in [-0.2, -0.15) is 40.7 Å². The summed E-state index contributed by atoms with van der Waals surface area (Å²) < 4.78 is 21.5. The predicted molar refractivity (Wildman–Crippen MR) is 198 cm³/mol. The first-order valence-electron chi connectivity index (χ1n) is 16.7. The van der Waals surface area contributed by atoms with E-state index >= 15 is 0 Å². The molecule has 0 aliphatic carbocycles. The highest BCUT2D eigenvalue weighted by atomic mass is 16.5. The Morgan fingerprint density at radius 2 is 1.17 bits per heavy atom. The number of amides is 2. The molecule has 0 aromatic heterocycles. The van der Waals surface area contributed by atoms with Crippen LogP contribution in [-0.2, 0) is 28.7 Å². The summed E-state index contributed by atoms with van der Waals surface area (Å²) >= 11 is 0. The molecule has 16 nitrogen and oxygen atoms in total. The Bertz CT molecular complexity index is 2190. The van der Waals surface area contributed by atoms with E-state index in [1.807, 2.05) is 0 Å². The summed E-state index contributed by atoms with van der Waals surface area (Å²) in [4.78, 5) is 52.1. The molecule has 4 aromatic carbocycles. The van der Waals surface area contributed by atoms with Gasteiger partial charge in [-0.05, 0) is 67.9 Å². The minimum atomic E-state index is -1.34. The molecule has 54 heavy (non-hydrogen) atoms. The monoisotopic (exact) mass is 730 g/mol. The first-order chi connectivity index (χ1) is 26.3. The zero-order chi connectivity index (χ0) is 38.2. The smallest absolute Gasteiger partial charge is 0.357 e. The number of hydrogen-bond acceptors (Lipinski definition) is 14. The highest BCUT2D eigenvalue weighted by molar-refractivity contribution is 6.46. The quantitative estimate of drug-likeness (QED) is 0.115. The lowest BCUT2D eigenvalue weighted by atomic mass is 10.0. The number of benzene rings is 4. The molecule has 0 fully saturated rings. The Morgan fingerprint density at radius 3 is 1.67 bits per heavy atom. The van der Waals surface area contributed by atoms with Crippen LogP contribution in [-0.4, -0.2) is 74.7 Å². The topological polar surface area (TPSA) is 186 Å². The van der Waals surface area contributed by atoms with Crippen molar-refractivity contribution in [1.82, 2.24) is 0 Å². The summed E-state index contributed by atoms with van der Waals surface area (Å²) in [5.74, 6) is -1.94. The number of carbonyl (C=O) groups excluding carboxylic acids is 4. The highest BCUT2D eigenvalue weighted by Gasteiger charge is 2.43. The fraction of sp³-hybridized carbons (Fsp3) is 0.211. The van der Waals surface area contributed by atoms with Crippen LogP contribution in [0.5, 0.6) is 11.5 Å². The maximum atomic E-state index is 13.4. The van der Waals surface area contributed by atoms with Gasteiger partial charge in [0.15, 0.2) is 11.4 Å². The number of ether oxygens (including phenoxy) is 4. The van der Waals surface area contributed by atoms with E-state index in [0.717, 1.165) is 10.0 Å². The molecule has 6 rings (SSSR count). The lowest BCUT2D eigenvalue weighted by molar-refractivity contribution is -0.136. The van der Waals surface area contributed by atoms with Crippen LogP contribution < -0.4 is 19.5 Å². The number of azo groups is 2. The molecule has 2 unspecified atom stereocenters. The highest BCUT2D eigenvalue weighted by Crippen LogP contribution is 2.39. The van der Waals surface area contributed by atoms with Crippen molar-refractivity contribution >= 4 is 57.9 Å². The van der Waals surface area contributed by atoms with Gasteiger partial charge in [-0.25, -0.2) is 9.59 Å². The standard InChI is InChI=1S/C38H34N8O8/c1-5-53-37(49)33-31(35(47)45(43-33)25-13-9-7-10-14-25)41-39-24-18-19-27(29(22-24)51-3)23-17-20-28(30(21-23)52-4)40-42-32-34(38(50)54-6-2)44-46(36(32)48)26-15-11-8-12-16-26/h7-22,31-32H,5-6H2,1-4H3. The first-order valence-corrected chi connectivity index (χ1v) is 16.7. The molecule has 0 spiro atoms. The second-order valence-corrected chi connectivity index (χ2v) is 11.4. The summed E-state index contributed by atoms with van der Waals surface area (Å²) in [6, 6.07) is 24.8. The zero-order valence-corrected chi connectivity index (χ0v) is 29.7. The van der Waals surface area contributed by atoms with Gasteiger partial charge < -0.3 is 18.9 Å². The maximum Gasteiger partial charge on any atom is 0.357 e. The van der Waals surface area contributed by atoms with Gasteiger partial charge in [0.25, 0.3) is 11.8 Å². The first kappa shape index (κ1) is 36.7. The molecule has 0 saturated heterocycles. The molecule has 0 bridgehead atoms. The van der Waals surface area contributed by atoms with Crippen molar-refractivity contribution < 1.29 is 38.1 Å². The van der Waals surface area contributed by atoms with E-state index in [9.17, 15) is 19.2 Å². The Hall–Kier alpha value is -7.10. The Labute approximate surface area is 309 Å². The average Bonchev–Trinajstić information content (AvgIpc) is 3.72. The van der Waals surface area contributed by atoms with Crippen LogP contribution in [0.1, 0.15) is 13.8 Å². The van der Waals surface area contributed by atoms with Gasteiger partial charge in [0.05, 0.1) is 44.5 Å². The summed E-state index contributed by atoms with van der Waals surface area (Å²) in [6.45, 7) is 3.48. The molecular formula is C38H34N8O8. The normalized spacial score (nSPS) is 16.9. The molecule has 2 aliphatic heterocycles. The van der Waals surface area contributed by atoms with E-state index in [1.54, 1.807) is 111 Å². The number of methoxy groups -OCH3 is 2. The van der Waals surface area contributed by atoms with E-state index in [-0.39, 0.29) is 30.3 Å². The lowest BCUT2D eigenvalue weighted by Gasteiger charge is -2.13.